The van der Waals surface area contributed by atoms with Crippen LogP contribution in [0.3, 0.4) is 0 Å². The number of urea groups is 1. The van der Waals surface area contributed by atoms with Crippen molar-refractivity contribution in [3.8, 4) is 0 Å². The van der Waals surface area contributed by atoms with Crippen molar-refractivity contribution in [2.45, 2.75) is 26.7 Å². The molecular formula is C12H21N3O4. The van der Waals surface area contributed by atoms with Crippen molar-refractivity contribution in [2.75, 3.05) is 26.2 Å². The van der Waals surface area contributed by atoms with Gasteiger partial charge in [0.2, 0.25) is 5.91 Å². The summed E-state index contributed by atoms with van der Waals surface area (Å²) in [6.45, 7) is 4.91. The molecule has 0 saturated carbocycles. The first-order chi connectivity index (χ1) is 8.80. The molecule has 0 spiro atoms. The molecule has 108 valence electrons. The summed E-state index contributed by atoms with van der Waals surface area (Å²) in [6.07, 6.45) is 2.03. The highest BCUT2D eigenvalue weighted by atomic mass is 16.4. The molecule has 19 heavy (non-hydrogen) atoms. The molecule has 0 atom stereocenters. The molecule has 1 aliphatic heterocycles. The molecule has 0 aliphatic carbocycles. The number of likely N-dealkylation sites (tertiary alicyclic amines) is 1. The van der Waals surface area contributed by atoms with E-state index in [-0.39, 0.29) is 18.0 Å². The van der Waals surface area contributed by atoms with E-state index in [4.69, 9.17) is 5.11 Å². The summed E-state index contributed by atoms with van der Waals surface area (Å²) in [5.74, 6) is -1.62. The first-order valence-electron chi connectivity index (χ1n) is 6.31. The zero-order valence-electron chi connectivity index (χ0n) is 11.4. The summed E-state index contributed by atoms with van der Waals surface area (Å²) in [5.41, 5.74) is 0.0984. The molecule has 1 fully saturated rings. The topological polar surface area (TPSA) is 98.7 Å². The molecular weight excluding hydrogens is 250 g/mol. The van der Waals surface area contributed by atoms with E-state index < -0.39 is 18.4 Å². The minimum absolute atomic E-state index is 0.0984. The van der Waals surface area contributed by atoms with Crippen molar-refractivity contribution in [2.24, 2.45) is 5.41 Å². The van der Waals surface area contributed by atoms with E-state index in [1.165, 1.54) is 0 Å². The Hall–Kier alpha value is -1.79. The fourth-order valence-corrected chi connectivity index (χ4v) is 2.10. The Kier molecular flexibility index (Phi) is 5.14. The monoisotopic (exact) mass is 271 g/mol. The molecule has 0 bridgehead atoms. The molecule has 1 aliphatic rings. The summed E-state index contributed by atoms with van der Waals surface area (Å²) in [4.78, 5) is 35.0. The maximum atomic E-state index is 11.8. The third kappa shape index (κ3) is 5.58. The molecule has 0 aromatic heterocycles. The Balaban J connectivity index is 2.31. The molecule has 0 radical (unpaired) electrons. The number of nitrogens with zero attached hydrogens (tertiary/aromatic N) is 1. The van der Waals surface area contributed by atoms with Gasteiger partial charge in [-0.15, -0.1) is 0 Å². The Labute approximate surface area is 112 Å². The van der Waals surface area contributed by atoms with Crippen LogP contribution in [0.5, 0.6) is 0 Å². The van der Waals surface area contributed by atoms with Crippen LogP contribution in [0.15, 0.2) is 0 Å². The van der Waals surface area contributed by atoms with Crippen molar-refractivity contribution in [1.29, 1.82) is 0 Å². The molecule has 1 heterocycles. The van der Waals surface area contributed by atoms with E-state index in [9.17, 15) is 14.4 Å². The van der Waals surface area contributed by atoms with E-state index in [1.807, 2.05) is 0 Å². The Bertz CT molecular complexity index is 368. The predicted octanol–water partition coefficient (Wildman–Crippen LogP) is 0.0188. The quantitative estimate of drug-likeness (QED) is 0.671. The zero-order valence-corrected chi connectivity index (χ0v) is 11.4. The van der Waals surface area contributed by atoms with Crippen molar-refractivity contribution >= 4 is 17.9 Å². The molecule has 0 unspecified atom stereocenters. The molecule has 3 amide bonds. The van der Waals surface area contributed by atoms with E-state index >= 15 is 0 Å². The molecule has 3 N–H and O–H groups in total. The summed E-state index contributed by atoms with van der Waals surface area (Å²) < 4.78 is 0. The van der Waals surface area contributed by atoms with Crippen LogP contribution < -0.4 is 10.6 Å². The minimum Gasteiger partial charge on any atom is -0.480 e. The highest BCUT2D eigenvalue weighted by Crippen LogP contribution is 2.28. The number of carbonyl (C=O) groups excluding carboxylic acids is 2. The van der Waals surface area contributed by atoms with E-state index in [1.54, 1.807) is 4.90 Å². The van der Waals surface area contributed by atoms with E-state index in [0.29, 0.717) is 13.1 Å². The SMILES string of the molecule is CC1(C)CCCN(C(=O)NCC(=O)NCC(=O)O)C1. The van der Waals surface area contributed by atoms with Crippen LogP contribution in [0.4, 0.5) is 4.79 Å². The van der Waals surface area contributed by atoms with Gasteiger partial charge < -0.3 is 20.6 Å². The Morgan fingerprint density at radius 3 is 2.47 bits per heavy atom. The summed E-state index contributed by atoms with van der Waals surface area (Å²) in [6, 6.07) is -0.279. The largest absolute Gasteiger partial charge is 0.480 e. The van der Waals surface area contributed by atoms with Crippen LogP contribution in [-0.4, -0.2) is 54.1 Å². The van der Waals surface area contributed by atoms with E-state index in [0.717, 1.165) is 12.8 Å². The number of carbonyl (C=O) groups is 3. The maximum Gasteiger partial charge on any atom is 0.322 e. The fraction of sp³-hybridized carbons (Fsp3) is 0.750. The minimum atomic E-state index is -1.11. The normalized spacial score (nSPS) is 17.7. The number of hydrogen-bond acceptors (Lipinski definition) is 3. The second-order valence-electron chi connectivity index (χ2n) is 5.52. The lowest BCUT2D eigenvalue weighted by molar-refractivity contribution is -0.137. The van der Waals surface area contributed by atoms with Crippen molar-refractivity contribution < 1.29 is 19.5 Å². The van der Waals surface area contributed by atoms with Gasteiger partial charge in [0, 0.05) is 13.1 Å². The van der Waals surface area contributed by atoms with Gasteiger partial charge >= 0.3 is 12.0 Å². The number of nitrogens with one attached hydrogen (secondary N) is 2. The molecule has 7 nitrogen and oxygen atoms in total. The average molecular weight is 271 g/mol. The number of rotatable bonds is 4. The van der Waals surface area contributed by atoms with Crippen LogP contribution in [0.1, 0.15) is 26.7 Å². The highest BCUT2D eigenvalue weighted by molar-refractivity contribution is 5.86. The van der Waals surface area contributed by atoms with Gasteiger partial charge in [-0.1, -0.05) is 13.8 Å². The number of carboxylic acids is 1. The van der Waals surface area contributed by atoms with Crippen LogP contribution in [0.25, 0.3) is 0 Å². The van der Waals surface area contributed by atoms with Crippen molar-refractivity contribution in [3.63, 3.8) is 0 Å². The first-order valence-corrected chi connectivity index (χ1v) is 6.31. The van der Waals surface area contributed by atoms with Gasteiger partial charge in [0.05, 0.1) is 6.54 Å². The second kappa shape index (κ2) is 6.40. The van der Waals surface area contributed by atoms with Crippen molar-refractivity contribution in [3.05, 3.63) is 0 Å². The lowest BCUT2D eigenvalue weighted by Crippen LogP contribution is -2.50. The summed E-state index contributed by atoms with van der Waals surface area (Å²) >= 11 is 0. The van der Waals surface area contributed by atoms with Crippen LogP contribution in [-0.2, 0) is 9.59 Å². The molecule has 1 rings (SSSR count). The van der Waals surface area contributed by atoms with Crippen LogP contribution in [0.2, 0.25) is 0 Å². The molecule has 1 saturated heterocycles. The first kappa shape index (κ1) is 15.3. The molecule has 7 heteroatoms. The van der Waals surface area contributed by atoms with Crippen LogP contribution >= 0.6 is 0 Å². The predicted molar refractivity (Wildman–Crippen MR) is 68.6 cm³/mol. The van der Waals surface area contributed by atoms with Gasteiger partial charge in [0.15, 0.2) is 0 Å². The number of carboxylic acid groups (broad SMARTS) is 1. The lowest BCUT2D eigenvalue weighted by Gasteiger charge is -2.37. The lowest BCUT2D eigenvalue weighted by atomic mass is 9.84. The summed E-state index contributed by atoms with van der Waals surface area (Å²) in [5, 5.41) is 13.1. The third-order valence-electron chi connectivity index (χ3n) is 3.02. The van der Waals surface area contributed by atoms with Gasteiger partial charge in [0.1, 0.15) is 6.54 Å². The highest BCUT2D eigenvalue weighted by Gasteiger charge is 2.29. The maximum absolute atomic E-state index is 11.8. The molecule has 0 aromatic carbocycles. The Morgan fingerprint density at radius 2 is 1.89 bits per heavy atom. The van der Waals surface area contributed by atoms with Gasteiger partial charge in [0.25, 0.3) is 0 Å². The van der Waals surface area contributed by atoms with Gasteiger partial charge in [-0.2, -0.15) is 0 Å². The number of hydrogen-bond donors (Lipinski definition) is 3. The second-order valence-corrected chi connectivity index (χ2v) is 5.52. The van der Waals surface area contributed by atoms with Crippen LogP contribution in [0, 0.1) is 5.41 Å². The average Bonchev–Trinajstić information content (AvgIpc) is 2.32. The van der Waals surface area contributed by atoms with E-state index in [2.05, 4.69) is 24.5 Å². The standard InChI is InChI=1S/C12H21N3O4/c1-12(2)4-3-5-15(8-12)11(19)14-6-9(16)13-7-10(17)18/h3-8H2,1-2H3,(H,13,16)(H,14,19)(H,17,18). The molecule has 0 aromatic rings. The Morgan fingerprint density at radius 1 is 1.21 bits per heavy atom. The summed E-state index contributed by atoms with van der Waals surface area (Å²) in [7, 11) is 0. The number of aliphatic carboxylic acids is 1. The van der Waals surface area contributed by atoms with Crippen molar-refractivity contribution in [1.82, 2.24) is 15.5 Å². The number of piperidine rings is 1. The van der Waals surface area contributed by atoms with Gasteiger partial charge in [-0.05, 0) is 18.3 Å². The third-order valence-corrected chi connectivity index (χ3v) is 3.02. The number of amides is 3. The fourth-order valence-electron chi connectivity index (χ4n) is 2.10. The zero-order chi connectivity index (χ0) is 14.5. The van der Waals surface area contributed by atoms with Gasteiger partial charge in [-0.3, -0.25) is 9.59 Å². The smallest absolute Gasteiger partial charge is 0.322 e. The van der Waals surface area contributed by atoms with Gasteiger partial charge in [-0.25, -0.2) is 4.79 Å².